The molecule has 0 nitrogen and oxygen atoms in total. The third-order valence-electron chi connectivity index (χ3n) is 2.14. The standard InChI is InChI=1S/C10H16BP/c1-10(2,8-11)12-9-6-4-3-5-7-9/h3-7,12H,8,11H2,1-2H3. The second-order valence-corrected chi connectivity index (χ2v) is 5.91. The first-order chi connectivity index (χ1) is 5.64. The van der Waals surface area contributed by atoms with Crippen LogP contribution in [0.1, 0.15) is 13.8 Å². The summed E-state index contributed by atoms with van der Waals surface area (Å²) in [5.74, 6) is 0. The van der Waals surface area contributed by atoms with Crippen LogP contribution in [0.4, 0.5) is 0 Å². The summed E-state index contributed by atoms with van der Waals surface area (Å²) in [6.45, 7) is 4.66. The Bertz CT molecular complexity index is 231. The molecule has 0 spiro atoms. The van der Waals surface area contributed by atoms with Crippen molar-refractivity contribution in [3.8, 4) is 0 Å². The second-order valence-electron chi connectivity index (χ2n) is 3.73. The van der Waals surface area contributed by atoms with E-state index in [1.807, 2.05) is 0 Å². The molecule has 64 valence electrons. The summed E-state index contributed by atoms with van der Waals surface area (Å²) < 4.78 is 0. The van der Waals surface area contributed by atoms with Crippen molar-refractivity contribution in [2.45, 2.75) is 25.3 Å². The average molecular weight is 178 g/mol. The molecule has 1 aromatic carbocycles. The van der Waals surface area contributed by atoms with Crippen LogP contribution >= 0.6 is 8.58 Å². The van der Waals surface area contributed by atoms with Gasteiger partial charge in [0.1, 0.15) is 7.85 Å². The van der Waals surface area contributed by atoms with Crippen LogP contribution in [0.15, 0.2) is 30.3 Å². The number of hydrogen-bond donors (Lipinski definition) is 0. The van der Waals surface area contributed by atoms with E-state index in [0.29, 0.717) is 5.16 Å². The molecule has 0 saturated carbocycles. The Labute approximate surface area is 78.0 Å². The highest BCUT2D eigenvalue weighted by molar-refractivity contribution is 7.49. The monoisotopic (exact) mass is 178 g/mol. The van der Waals surface area contributed by atoms with Crippen molar-refractivity contribution in [2.75, 3.05) is 0 Å². The fourth-order valence-corrected chi connectivity index (χ4v) is 2.32. The van der Waals surface area contributed by atoms with Crippen LogP contribution in [-0.2, 0) is 0 Å². The van der Waals surface area contributed by atoms with Crippen molar-refractivity contribution >= 4 is 21.7 Å². The highest BCUT2D eigenvalue weighted by atomic mass is 31.1. The highest BCUT2D eigenvalue weighted by Crippen LogP contribution is 2.32. The van der Waals surface area contributed by atoms with Crippen LogP contribution in [0.5, 0.6) is 0 Å². The molecule has 0 aromatic heterocycles. The zero-order valence-corrected chi connectivity index (χ0v) is 9.09. The summed E-state index contributed by atoms with van der Waals surface area (Å²) in [6.07, 6.45) is 1.25. The molecule has 1 atom stereocenters. The summed E-state index contributed by atoms with van der Waals surface area (Å²) >= 11 is 0. The molecule has 1 unspecified atom stereocenters. The van der Waals surface area contributed by atoms with Gasteiger partial charge in [0.2, 0.25) is 0 Å². The van der Waals surface area contributed by atoms with E-state index in [2.05, 4.69) is 52.0 Å². The molecular formula is C10H16BP. The lowest BCUT2D eigenvalue weighted by Crippen LogP contribution is -2.15. The Morgan fingerprint density at radius 2 is 1.83 bits per heavy atom. The molecule has 0 amide bonds. The zero-order valence-electron chi connectivity index (χ0n) is 8.09. The molecule has 0 aliphatic carbocycles. The van der Waals surface area contributed by atoms with Crippen LogP contribution in [0.2, 0.25) is 6.32 Å². The SMILES string of the molecule is BCC(C)(C)Pc1ccccc1. The molecular weight excluding hydrogens is 162 g/mol. The average Bonchev–Trinajstić information content (AvgIpc) is 2.06. The minimum Gasteiger partial charge on any atom is -0.0853 e. The van der Waals surface area contributed by atoms with Crippen LogP contribution in [-0.4, -0.2) is 13.0 Å². The zero-order chi connectivity index (χ0) is 9.03. The van der Waals surface area contributed by atoms with Gasteiger partial charge >= 0.3 is 0 Å². The van der Waals surface area contributed by atoms with E-state index in [1.54, 1.807) is 0 Å². The predicted molar refractivity (Wildman–Crippen MR) is 61.8 cm³/mol. The minimum atomic E-state index is 0.474. The first-order valence-electron chi connectivity index (χ1n) is 4.47. The van der Waals surface area contributed by atoms with Gasteiger partial charge in [-0.3, -0.25) is 0 Å². The highest BCUT2D eigenvalue weighted by Gasteiger charge is 2.14. The summed E-state index contributed by atoms with van der Waals surface area (Å²) in [6, 6.07) is 10.8. The summed E-state index contributed by atoms with van der Waals surface area (Å²) in [4.78, 5) is 0. The van der Waals surface area contributed by atoms with Gasteiger partial charge in [0.15, 0.2) is 0 Å². The van der Waals surface area contributed by atoms with Gasteiger partial charge in [0.25, 0.3) is 0 Å². The summed E-state index contributed by atoms with van der Waals surface area (Å²) in [5.41, 5.74) is 0. The van der Waals surface area contributed by atoms with E-state index < -0.39 is 0 Å². The van der Waals surface area contributed by atoms with Gasteiger partial charge in [0, 0.05) is 0 Å². The number of rotatable bonds is 3. The molecule has 0 bridgehead atoms. The van der Waals surface area contributed by atoms with E-state index in [0.717, 1.165) is 8.58 Å². The lowest BCUT2D eigenvalue weighted by Gasteiger charge is -2.22. The first kappa shape index (κ1) is 9.80. The molecule has 0 aliphatic rings. The molecule has 0 aliphatic heterocycles. The van der Waals surface area contributed by atoms with Crippen LogP contribution in [0, 0.1) is 0 Å². The maximum Gasteiger partial charge on any atom is 0.102 e. The smallest absolute Gasteiger partial charge is 0.0853 e. The Morgan fingerprint density at radius 1 is 1.25 bits per heavy atom. The molecule has 12 heavy (non-hydrogen) atoms. The molecule has 1 rings (SSSR count). The molecule has 2 heteroatoms. The van der Waals surface area contributed by atoms with Gasteiger partial charge in [-0.15, -0.1) is 0 Å². The van der Waals surface area contributed by atoms with Gasteiger partial charge in [-0.25, -0.2) is 0 Å². The van der Waals surface area contributed by atoms with Crippen molar-refractivity contribution in [3.05, 3.63) is 30.3 Å². The quantitative estimate of drug-likeness (QED) is 0.489. The van der Waals surface area contributed by atoms with E-state index >= 15 is 0 Å². The lowest BCUT2D eigenvalue weighted by atomic mass is 9.93. The Balaban J connectivity index is 2.64. The molecule has 0 heterocycles. The van der Waals surface area contributed by atoms with Gasteiger partial charge in [0.05, 0.1) is 0 Å². The second kappa shape index (κ2) is 4.09. The van der Waals surface area contributed by atoms with Crippen LogP contribution < -0.4 is 5.30 Å². The minimum absolute atomic E-state index is 0.474. The topological polar surface area (TPSA) is 0 Å². The van der Waals surface area contributed by atoms with Gasteiger partial charge in [-0.1, -0.05) is 59.1 Å². The number of hydrogen-bond acceptors (Lipinski definition) is 0. The maximum absolute atomic E-state index is 2.33. The van der Waals surface area contributed by atoms with E-state index in [1.165, 1.54) is 11.6 Å². The van der Waals surface area contributed by atoms with Crippen molar-refractivity contribution in [3.63, 3.8) is 0 Å². The van der Waals surface area contributed by atoms with Crippen molar-refractivity contribution in [1.82, 2.24) is 0 Å². The first-order valence-corrected chi connectivity index (χ1v) is 5.47. The Hall–Kier alpha value is -0.285. The van der Waals surface area contributed by atoms with Gasteiger partial charge in [-0.05, 0) is 10.5 Å². The van der Waals surface area contributed by atoms with E-state index in [9.17, 15) is 0 Å². The molecule has 0 fully saturated rings. The van der Waals surface area contributed by atoms with Crippen molar-refractivity contribution < 1.29 is 0 Å². The number of benzene rings is 1. The fraction of sp³-hybridized carbons (Fsp3) is 0.400. The van der Waals surface area contributed by atoms with Crippen molar-refractivity contribution in [1.29, 1.82) is 0 Å². The largest absolute Gasteiger partial charge is 0.102 e. The summed E-state index contributed by atoms with van der Waals surface area (Å²) in [5, 5.41) is 1.95. The van der Waals surface area contributed by atoms with Crippen LogP contribution in [0.3, 0.4) is 0 Å². The molecule has 0 N–H and O–H groups in total. The third kappa shape index (κ3) is 2.99. The normalized spacial score (nSPS) is 12.5. The maximum atomic E-state index is 2.33. The summed E-state index contributed by atoms with van der Waals surface area (Å²) in [7, 11) is 3.19. The van der Waals surface area contributed by atoms with Gasteiger partial charge in [-0.2, -0.15) is 0 Å². The van der Waals surface area contributed by atoms with E-state index in [-0.39, 0.29) is 0 Å². The van der Waals surface area contributed by atoms with E-state index in [4.69, 9.17) is 0 Å². The lowest BCUT2D eigenvalue weighted by molar-refractivity contribution is 0.797. The van der Waals surface area contributed by atoms with Crippen LogP contribution in [0.25, 0.3) is 0 Å². The fourth-order valence-electron chi connectivity index (χ4n) is 1.00. The van der Waals surface area contributed by atoms with Gasteiger partial charge < -0.3 is 0 Å². The predicted octanol–water partition coefficient (Wildman–Crippen LogP) is 1.82. The molecule has 1 aromatic rings. The van der Waals surface area contributed by atoms with Crippen molar-refractivity contribution in [2.24, 2.45) is 0 Å². The Kier molecular flexibility index (Phi) is 3.34. The molecule has 0 radical (unpaired) electrons. The third-order valence-corrected chi connectivity index (χ3v) is 3.79. The molecule has 0 saturated heterocycles. The Morgan fingerprint density at radius 3 is 2.33 bits per heavy atom.